The quantitative estimate of drug-likeness (QED) is 0.127. The van der Waals surface area contributed by atoms with Crippen LogP contribution in [0.4, 0.5) is 0 Å². The van der Waals surface area contributed by atoms with Gasteiger partial charge in [-0.3, -0.25) is 0 Å². The van der Waals surface area contributed by atoms with Gasteiger partial charge < -0.3 is 29.9 Å². The van der Waals surface area contributed by atoms with E-state index in [1.807, 2.05) is 250 Å². The average Bonchev–Trinajstić information content (AvgIpc) is 0.835. The zero-order valence-electron chi connectivity index (χ0n) is 58.6. The van der Waals surface area contributed by atoms with E-state index in [-0.39, 0.29) is 80.4 Å². The van der Waals surface area contributed by atoms with Gasteiger partial charge in [-0.05, 0) is 137 Å². The SMILES string of the molecule is Cc1cc(-c2[c-]cccc2)ncc1-c1ccccc1.Cc1cccc(-c2[c-]cccc2)n1.Cc1ccccc1-c1ccc(-c2[c-]cccc2)nc1.Cc1ccccc1-c1ccnc(-c2[c-]cccc2)c1.Cc1nc(-c2[c-]cccc2)ccc1-c1ccccc1.[Ir].[Ir].[Ir].[Ir].[c-]1ccccc1-c1ccccn1. The molecule has 6 nitrogen and oxygen atoms in total. The van der Waals surface area contributed by atoms with Crippen LogP contribution in [-0.4, -0.2) is 29.9 Å². The van der Waals surface area contributed by atoms with E-state index in [1.54, 1.807) is 6.20 Å². The maximum absolute atomic E-state index is 4.69. The number of hydrogen-bond acceptors (Lipinski definition) is 6. The average molecular weight is 2070 g/mol. The van der Waals surface area contributed by atoms with Gasteiger partial charge in [-0.1, -0.05) is 170 Å². The molecule has 6 aromatic heterocycles. The largest absolute Gasteiger partial charge is 0.305 e. The minimum absolute atomic E-state index is 0. The normalized spacial score (nSPS) is 9.84. The molecule has 0 fully saturated rings. The standard InChI is InChI=1S/4C18H14N.C12H10N.C11H8N.4Ir/c1-14-12-18(16-10-6-3-7-11-16)19-13-17(14)15-8-4-2-5-9-15;1-14-17(15-8-4-2-5-9-15)12-13-18(19-14)16-10-6-3-7-11-16;1-14-7-5-6-10-17(14)16-11-12-19-18(13-16)15-8-3-2-4-9-15;1-14-7-5-6-10-17(14)16-11-12-18(19-13-16)15-8-3-2-4-9-15;1-10-6-5-9-12(13-10)11-7-3-2-4-8-11;1-2-6-10(7-3-1)11-8-4-5-9-12-11;;;;/h2*2-10,12-13H,1H3;2*2-8,10-13H,1H3;2-7,9H,1H3;1-6,8-9H;;;;/q6*-1;;;;. The Morgan fingerprint density at radius 3 is 1.05 bits per heavy atom. The monoisotopic (exact) mass is 2070 g/mol. The molecule has 0 aliphatic heterocycles. The molecule has 0 unspecified atom stereocenters. The van der Waals surface area contributed by atoms with Gasteiger partial charge in [-0.25, -0.2) is 0 Å². The Morgan fingerprint density at radius 2 is 0.610 bits per heavy atom. The number of nitrogens with zero attached hydrogens (tertiary/aromatic N) is 6. The van der Waals surface area contributed by atoms with Crippen LogP contribution in [0.15, 0.2) is 358 Å². The van der Waals surface area contributed by atoms with Gasteiger partial charge in [0.1, 0.15) is 0 Å². The second-order valence-electron chi connectivity index (χ2n) is 23.5. The first kappa shape index (κ1) is 82.0. The smallest absolute Gasteiger partial charge is 0.0344 e. The van der Waals surface area contributed by atoms with Crippen LogP contribution in [0.3, 0.4) is 0 Å². The van der Waals surface area contributed by atoms with Crippen molar-refractivity contribution in [1.82, 2.24) is 29.9 Å². The van der Waals surface area contributed by atoms with Gasteiger partial charge in [-0.15, -0.1) is 215 Å². The van der Waals surface area contributed by atoms with Crippen molar-refractivity contribution in [2.75, 3.05) is 0 Å². The summed E-state index contributed by atoms with van der Waals surface area (Å²) in [6.45, 7) is 10.4. The van der Waals surface area contributed by atoms with Crippen molar-refractivity contribution >= 4 is 0 Å². The van der Waals surface area contributed by atoms with Crippen molar-refractivity contribution < 1.29 is 80.4 Å². The molecule has 0 N–H and O–H groups in total. The molecule has 4 radical (unpaired) electrons. The first-order chi connectivity index (χ1) is 49.7. The van der Waals surface area contributed by atoms with Crippen LogP contribution in [0.5, 0.6) is 0 Å². The topological polar surface area (TPSA) is 77.3 Å². The van der Waals surface area contributed by atoms with E-state index in [4.69, 9.17) is 0 Å². The fourth-order valence-corrected chi connectivity index (χ4v) is 11.0. The van der Waals surface area contributed by atoms with Gasteiger partial charge in [0.25, 0.3) is 0 Å². The Morgan fingerprint density at radius 1 is 0.219 bits per heavy atom. The van der Waals surface area contributed by atoms with Crippen molar-refractivity contribution in [3.05, 3.63) is 423 Å². The molecule has 16 rings (SSSR count). The molecule has 0 atom stereocenters. The minimum atomic E-state index is 0. The zero-order chi connectivity index (χ0) is 69.6. The van der Waals surface area contributed by atoms with Gasteiger partial charge in [-0.2, -0.15) is 0 Å². The molecule has 0 amide bonds. The minimum Gasteiger partial charge on any atom is -0.305 e. The molecule has 0 bridgehead atoms. The molecular weight excluding hydrogens is 1990 g/mol. The summed E-state index contributed by atoms with van der Waals surface area (Å²) in [4.78, 5) is 26.8. The molecule has 0 aliphatic carbocycles. The molecular formula is C95H74Ir4N6-6. The molecule has 0 saturated carbocycles. The van der Waals surface area contributed by atoms with Gasteiger partial charge in [0.05, 0.1) is 0 Å². The summed E-state index contributed by atoms with van der Waals surface area (Å²) in [5, 5.41) is 0. The maximum atomic E-state index is 4.69. The van der Waals surface area contributed by atoms with E-state index in [9.17, 15) is 0 Å². The van der Waals surface area contributed by atoms with Crippen molar-refractivity contribution in [3.63, 3.8) is 0 Å². The molecule has 0 aliphatic rings. The summed E-state index contributed by atoms with van der Waals surface area (Å²) in [7, 11) is 0. The van der Waals surface area contributed by atoms with Gasteiger partial charge >= 0.3 is 0 Å². The van der Waals surface area contributed by atoms with Crippen LogP contribution < -0.4 is 0 Å². The van der Waals surface area contributed by atoms with Crippen LogP contribution in [0.25, 0.3) is 112 Å². The molecule has 10 heteroatoms. The Kier molecular flexibility index (Phi) is 34.1. The number of aryl methyl sites for hydroxylation is 5. The third kappa shape index (κ3) is 24.4. The summed E-state index contributed by atoms with van der Waals surface area (Å²) in [5.41, 5.74) is 27.5. The molecule has 526 valence electrons. The predicted molar refractivity (Wildman–Crippen MR) is 416 cm³/mol. The van der Waals surface area contributed by atoms with Gasteiger partial charge in [0.2, 0.25) is 0 Å². The number of aromatic nitrogens is 6. The predicted octanol–water partition coefficient (Wildman–Crippen LogP) is 23.5. The number of benzene rings is 10. The summed E-state index contributed by atoms with van der Waals surface area (Å²) >= 11 is 0. The number of pyridine rings is 6. The molecule has 105 heavy (non-hydrogen) atoms. The first-order valence-electron chi connectivity index (χ1n) is 33.5. The summed E-state index contributed by atoms with van der Waals surface area (Å²) in [6.07, 6.45) is 7.52. The second kappa shape index (κ2) is 43.7. The van der Waals surface area contributed by atoms with Crippen LogP contribution in [0, 0.1) is 71.0 Å². The van der Waals surface area contributed by atoms with Gasteiger partial charge in [0.15, 0.2) is 0 Å². The Bertz CT molecular complexity index is 4970. The van der Waals surface area contributed by atoms with Crippen LogP contribution in [-0.2, 0) is 80.4 Å². The number of rotatable bonds is 10. The fraction of sp³-hybridized carbons (Fsp3) is 0.0526. The summed E-state index contributed by atoms with van der Waals surface area (Å²) in [6, 6.07) is 130. The fourth-order valence-electron chi connectivity index (χ4n) is 11.0. The maximum Gasteiger partial charge on any atom is 0.0344 e. The van der Waals surface area contributed by atoms with E-state index in [0.717, 1.165) is 84.5 Å². The van der Waals surface area contributed by atoms with Crippen LogP contribution in [0.2, 0.25) is 0 Å². The Hall–Kier alpha value is -10.3. The summed E-state index contributed by atoms with van der Waals surface area (Å²) in [5.74, 6) is 0. The van der Waals surface area contributed by atoms with Crippen molar-refractivity contribution in [2.24, 2.45) is 0 Å². The van der Waals surface area contributed by atoms with Gasteiger partial charge in [0, 0.05) is 128 Å². The summed E-state index contributed by atoms with van der Waals surface area (Å²) < 4.78 is 0. The molecule has 16 aromatic rings. The van der Waals surface area contributed by atoms with E-state index >= 15 is 0 Å². The molecule has 10 aromatic carbocycles. The van der Waals surface area contributed by atoms with Crippen LogP contribution >= 0.6 is 0 Å². The molecule has 0 saturated heterocycles. The van der Waals surface area contributed by atoms with E-state index in [0.29, 0.717) is 0 Å². The van der Waals surface area contributed by atoms with E-state index in [1.165, 1.54) is 55.6 Å². The zero-order valence-corrected chi connectivity index (χ0v) is 68.2. The van der Waals surface area contributed by atoms with Crippen molar-refractivity contribution in [1.29, 1.82) is 0 Å². The van der Waals surface area contributed by atoms with Crippen molar-refractivity contribution in [3.8, 4) is 112 Å². The third-order valence-electron chi connectivity index (χ3n) is 16.3. The first-order valence-corrected chi connectivity index (χ1v) is 33.5. The second-order valence-corrected chi connectivity index (χ2v) is 23.5. The van der Waals surface area contributed by atoms with E-state index < -0.39 is 0 Å². The van der Waals surface area contributed by atoms with E-state index in [2.05, 4.69) is 203 Å². The van der Waals surface area contributed by atoms with Crippen LogP contribution in [0.1, 0.15) is 28.1 Å². The number of hydrogen-bond donors (Lipinski definition) is 0. The molecule has 0 spiro atoms. The Labute approximate surface area is 673 Å². The third-order valence-corrected chi connectivity index (χ3v) is 16.3. The van der Waals surface area contributed by atoms with Crippen molar-refractivity contribution in [2.45, 2.75) is 34.6 Å². The Balaban J connectivity index is 0.000000176. The molecule has 6 heterocycles.